The first-order chi connectivity index (χ1) is 14.0. The summed E-state index contributed by atoms with van der Waals surface area (Å²) in [5.74, 6) is 0.358. The van der Waals surface area contributed by atoms with E-state index in [-0.39, 0.29) is 17.3 Å². The molecule has 0 spiro atoms. The van der Waals surface area contributed by atoms with Crippen LogP contribution >= 0.6 is 11.6 Å². The van der Waals surface area contributed by atoms with Crippen molar-refractivity contribution in [2.75, 3.05) is 7.11 Å². The Morgan fingerprint density at radius 2 is 2.07 bits per heavy atom. The molecular formula is C20H15ClN2O6. The molecule has 1 heterocycles. The molecule has 1 aromatic heterocycles. The average molecular weight is 415 g/mol. The Balaban J connectivity index is 1.62. The number of rotatable bonds is 7. The van der Waals surface area contributed by atoms with E-state index in [2.05, 4.69) is 5.16 Å². The lowest BCUT2D eigenvalue weighted by molar-refractivity contribution is -0.384. The molecule has 148 valence electrons. The fourth-order valence-electron chi connectivity index (χ4n) is 2.49. The van der Waals surface area contributed by atoms with Crippen LogP contribution in [0.1, 0.15) is 11.3 Å². The summed E-state index contributed by atoms with van der Waals surface area (Å²) < 4.78 is 15.6. The average Bonchev–Trinajstić information content (AvgIpc) is 3.20. The molecule has 0 saturated carbocycles. The van der Waals surface area contributed by atoms with Crippen molar-refractivity contribution in [3.8, 4) is 17.0 Å². The van der Waals surface area contributed by atoms with Crippen LogP contribution in [-0.4, -0.2) is 23.2 Å². The summed E-state index contributed by atoms with van der Waals surface area (Å²) in [6.07, 6.45) is 2.55. The van der Waals surface area contributed by atoms with E-state index in [1.807, 2.05) is 18.2 Å². The van der Waals surface area contributed by atoms with Crippen LogP contribution in [-0.2, 0) is 16.1 Å². The minimum atomic E-state index is -0.641. The second-order valence-electron chi connectivity index (χ2n) is 5.79. The summed E-state index contributed by atoms with van der Waals surface area (Å²) in [5.41, 5.74) is 1.50. The van der Waals surface area contributed by atoms with Crippen molar-refractivity contribution in [3.05, 3.63) is 81.1 Å². The number of methoxy groups -OCH3 is 1. The quantitative estimate of drug-likeness (QED) is 0.239. The number of nitrogens with zero attached hydrogens (tertiary/aromatic N) is 2. The number of benzene rings is 2. The molecule has 9 heteroatoms. The van der Waals surface area contributed by atoms with Gasteiger partial charge >= 0.3 is 5.97 Å². The van der Waals surface area contributed by atoms with Gasteiger partial charge in [0.05, 0.1) is 12.0 Å². The lowest BCUT2D eigenvalue weighted by Crippen LogP contribution is -2.00. The van der Waals surface area contributed by atoms with Gasteiger partial charge in [-0.1, -0.05) is 35.0 Å². The van der Waals surface area contributed by atoms with Crippen molar-refractivity contribution < 1.29 is 23.7 Å². The molecule has 0 atom stereocenters. The van der Waals surface area contributed by atoms with Crippen molar-refractivity contribution in [1.29, 1.82) is 0 Å². The van der Waals surface area contributed by atoms with Gasteiger partial charge in [0.2, 0.25) is 0 Å². The molecule has 0 bridgehead atoms. The maximum atomic E-state index is 11.9. The zero-order valence-electron chi connectivity index (χ0n) is 15.2. The Bertz CT molecular complexity index is 1080. The van der Waals surface area contributed by atoms with Gasteiger partial charge in [0, 0.05) is 23.8 Å². The van der Waals surface area contributed by atoms with Crippen molar-refractivity contribution in [1.82, 2.24) is 5.16 Å². The number of carbonyl (C=O) groups is 1. The summed E-state index contributed by atoms with van der Waals surface area (Å²) in [5, 5.41) is 14.9. The Morgan fingerprint density at radius 1 is 1.28 bits per heavy atom. The van der Waals surface area contributed by atoms with Gasteiger partial charge in [-0.25, -0.2) is 4.79 Å². The molecular weight excluding hydrogens is 400 g/mol. The van der Waals surface area contributed by atoms with Crippen LogP contribution in [0.2, 0.25) is 5.02 Å². The summed E-state index contributed by atoms with van der Waals surface area (Å²) >= 11 is 5.76. The maximum absolute atomic E-state index is 11.9. The van der Waals surface area contributed by atoms with E-state index in [0.717, 1.165) is 11.6 Å². The van der Waals surface area contributed by atoms with Crippen LogP contribution in [0.5, 0.6) is 5.75 Å². The highest BCUT2D eigenvalue weighted by Crippen LogP contribution is 2.29. The third kappa shape index (κ3) is 4.99. The van der Waals surface area contributed by atoms with E-state index in [0.29, 0.717) is 22.8 Å². The highest BCUT2D eigenvalue weighted by Gasteiger charge is 2.13. The van der Waals surface area contributed by atoms with Gasteiger partial charge in [0.1, 0.15) is 16.5 Å². The molecule has 0 saturated heterocycles. The maximum Gasteiger partial charge on any atom is 0.331 e. The molecule has 0 fully saturated rings. The summed E-state index contributed by atoms with van der Waals surface area (Å²) in [6, 6.07) is 13.2. The van der Waals surface area contributed by atoms with Gasteiger partial charge in [0.15, 0.2) is 12.4 Å². The van der Waals surface area contributed by atoms with E-state index < -0.39 is 10.9 Å². The SMILES string of the molecule is COc1ccccc1-c1cc(COC(=O)C=Cc2ccc(Cl)c([N+](=O)[O-])c2)on1. The van der Waals surface area contributed by atoms with Crippen molar-refractivity contribution >= 4 is 29.3 Å². The number of para-hydroxylation sites is 1. The molecule has 3 aromatic rings. The molecule has 0 aliphatic rings. The fourth-order valence-corrected chi connectivity index (χ4v) is 2.68. The molecule has 8 nitrogen and oxygen atoms in total. The Kier molecular flexibility index (Phi) is 6.25. The van der Waals surface area contributed by atoms with Gasteiger partial charge in [0.25, 0.3) is 5.69 Å². The number of hydrogen-bond donors (Lipinski definition) is 0. The van der Waals surface area contributed by atoms with Gasteiger partial charge in [-0.2, -0.15) is 0 Å². The van der Waals surface area contributed by atoms with Gasteiger partial charge in [-0.3, -0.25) is 10.1 Å². The minimum absolute atomic E-state index is 0.0193. The lowest BCUT2D eigenvalue weighted by Gasteiger charge is -2.03. The number of hydrogen-bond acceptors (Lipinski definition) is 7. The van der Waals surface area contributed by atoms with Crippen LogP contribution in [0.25, 0.3) is 17.3 Å². The molecule has 0 amide bonds. The molecule has 0 aliphatic carbocycles. The number of aromatic nitrogens is 1. The highest BCUT2D eigenvalue weighted by molar-refractivity contribution is 6.32. The van der Waals surface area contributed by atoms with E-state index in [4.69, 9.17) is 25.6 Å². The predicted octanol–water partition coefficient (Wildman–Crippen LogP) is 4.67. The Labute approximate surface area is 170 Å². The largest absolute Gasteiger partial charge is 0.496 e. The topological polar surface area (TPSA) is 105 Å². The second-order valence-corrected chi connectivity index (χ2v) is 6.19. The molecule has 2 aromatic carbocycles. The van der Waals surface area contributed by atoms with Crippen LogP contribution in [0.3, 0.4) is 0 Å². The smallest absolute Gasteiger partial charge is 0.331 e. The predicted molar refractivity (Wildman–Crippen MR) is 105 cm³/mol. The molecule has 29 heavy (non-hydrogen) atoms. The highest BCUT2D eigenvalue weighted by atomic mass is 35.5. The van der Waals surface area contributed by atoms with Crippen molar-refractivity contribution in [3.63, 3.8) is 0 Å². The number of nitro groups is 1. The van der Waals surface area contributed by atoms with E-state index >= 15 is 0 Å². The third-order valence-corrected chi connectivity index (χ3v) is 4.20. The summed E-state index contributed by atoms with van der Waals surface area (Å²) in [6.45, 7) is -0.119. The Morgan fingerprint density at radius 3 is 2.83 bits per heavy atom. The van der Waals surface area contributed by atoms with Crippen molar-refractivity contribution in [2.45, 2.75) is 6.61 Å². The molecule has 0 aliphatic heterocycles. The molecule has 0 unspecified atom stereocenters. The normalized spacial score (nSPS) is 10.8. The molecule has 0 N–H and O–H groups in total. The summed E-state index contributed by atoms with van der Waals surface area (Å²) in [4.78, 5) is 22.2. The number of esters is 1. The molecule has 3 rings (SSSR count). The van der Waals surface area contributed by atoms with Gasteiger partial charge in [-0.05, 0) is 29.8 Å². The summed E-state index contributed by atoms with van der Waals surface area (Å²) in [7, 11) is 1.56. The van der Waals surface area contributed by atoms with Crippen LogP contribution in [0, 0.1) is 10.1 Å². The Hall–Kier alpha value is -3.65. The minimum Gasteiger partial charge on any atom is -0.496 e. The first kappa shape index (κ1) is 20.1. The number of nitro benzene ring substituents is 1. The lowest BCUT2D eigenvalue weighted by atomic mass is 10.1. The number of ether oxygens (including phenoxy) is 2. The van der Waals surface area contributed by atoms with Crippen LogP contribution in [0.15, 0.2) is 59.1 Å². The van der Waals surface area contributed by atoms with Crippen LogP contribution in [0.4, 0.5) is 5.69 Å². The number of carbonyl (C=O) groups excluding carboxylic acids is 1. The van der Waals surface area contributed by atoms with E-state index in [1.165, 1.54) is 18.2 Å². The first-order valence-electron chi connectivity index (χ1n) is 8.35. The van der Waals surface area contributed by atoms with Gasteiger partial charge in [-0.15, -0.1) is 0 Å². The molecule has 0 radical (unpaired) electrons. The second kappa shape index (κ2) is 9.03. The third-order valence-electron chi connectivity index (χ3n) is 3.88. The van der Waals surface area contributed by atoms with Crippen LogP contribution < -0.4 is 4.74 Å². The first-order valence-corrected chi connectivity index (χ1v) is 8.73. The zero-order chi connectivity index (χ0) is 20.8. The standard InChI is InChI=1S/C20H15ClN2O6/c1-27-19-5-3-2-4-15(19)17-11-14(29-22-17)12-28-20(24)9-7-13-6-8-16(21)18(10-13)23(25)26/h2-11H,12H2,1H3. The monoisotopic (exact) mass is 414 g/mol. The fraction of sp³-hybridized carbons (Fsp3) is 0.100. The number of halogens is 1. The van der Waals surface area contributed by atoms with Crippen molar-refractivity contribution in [2.24, 2.45) is 0 Å². The van der Waals surface area contributed by atoms with E-state index in [9.17, 15) is 14.9 Å². The van der Waals surface area contributed by atoms with E-state index in [1.54, 1.807) is 25.3 Å². The van der Waals surface area contributed by atoms with Gasteiger partial charge < -0.3 is 14.0 Å². The zero-order valence-corrected chi connectivity index (χ0v) is 16.0.